The molecule has 0 aliphatic heterocycles. The van der Waals surface area contributed by atoms with Gasteiger partial charge in [-0.1, -0.05) is 44.2 Å². The Morgan fingerprint density at radius 3 is 2.31 bits per heavy atom. The number of amides is 1. The fourth-order valence-corrected chi connectivity index (χ4v) is 3.93. The van der Waals surface area contributed by atoms with E-state index in [1.54, 1.807) is 32.0 Å². The van der Waals surface area contributed by atoms with Gasteiger partial charge in [0, 0.05) is 5.69 Å². The smallest absolute Gasteiger partial charge is 0.324 e. The minimum Gasteiger partial charge on any atom is -0.454 e. The van der Waals surface area contributed by atoms with Crippen LogP contribution in [0.15, 0.2) is 53.4 Å². The molecule has 1 atom stereocenters. The Labute approximate surface area is 171 Å². The van der Waals surface area contributed by atoms with Crippen molar-refractivity contribution >= 4 is 27.6 Å². The number of sulfonamides is 1. The summed E-state index contributed by atoms with van der Waals surface area (Å²) in [6.45, 7) is 6.63. The van der Waals surface area contributed by atoms with Crippen molar-refractivity contribution in [2.75, 3.05) is 11.9 Å². The summed E-state index contributed by atoms with van der Waals surface area (Å²) in [5, 5.41) is 2.69. The summed E-state index contributed by atoms with van der Waals surface area (Å²) in [5.41, 5.74) is 2.50. The molecule has 0 aromatic heterocycles. The monoisotopic (exact) mass is 418 g/mol. The van der Waals surface area contributed by atoms with Crippen LogP contribution in [0.5, 0.6) is 0 Å². The predicted molar refractivity (Wildman–Crippen MR) is 111 cm³/mol. The van der Waals surface area contributed by atoms with Crippen LogP contribution in [0.2, 0.25) is 0 Å². The predicted octanol–water partition coefficient (Wildman–Crippen LogP) is 2.79. The van der Waals surface area contributed by atoms with Gasteiger partial charge in [-0.3, -0.25) is 9.59 Å². The number of anilines is 1. The van der Waals surface area contributed by atoms with E-state index >= 15 is 0 Å². The van der Waals surface area contributed by atoms with Gasteiger partial charge >= 0.3 is 5.97 Å². The van der Waals surface area contributed by atoms with Gasteiger partial charge in [0.25, 0.3) is 5.91 Å². The summed E-state index contributed by atoms with van der Waals surface area (Å²) in [4.78, 5) is 24.6. The third-order valence-corrected chi connectivity index (χ3v) is 5.73. The van der Waals surface area contributed by atoms with Gasteiger partial charge in [0.15, 0.2) is 6.61 Å². The molecule has 0 saturated heterocycles. The van der Waals surface area contributed by atoms with Crippen LogP contribution in [-0.2, 0) is 24.3 Å². The summed E-state index contributed by atoms with van der Waals surface area (Å²) in [6, 6.07) is 12.3. The molecule has 0 fully saturated rings. The molecule has 2 N–H and O–H groups in total. The molecule has 0 saturated carbocycles. The lowest BCUT2D eigenvalue weighted by Crippen LogP contribution is -2.45. The van der Waals surface area contributed by atoms with Crippen LogP contribution >= 0.6 is 0 Å². The van der Waals surface area contributed by atoms with E-state index in [-0.39, 0.29) is 10.8 Å². The van der Waals surface area contributed by atoms with Crippen molar-refractivity contribution in [1.29, 1.82) is 0 Å². The third-order valence-electron chi connectivity index (χ3n) is 4.27. The van der Waals surface area contributed by atoms with E-state index in [4.69, 9.17) is 4.74 Å². The number of rotatable bonds is 8. The Hall–Kier alpha value is -2.71. The van der Waals surface area contributed by atoms with Gasteiger partial charge in [0.2, 0.25) is 10.0 Å². The Morgan fingerprint density at radius 1 is 1.03 bits per heavy atom. The van der Waals surface area contributed by atoms with Crippen LogP contribution < -0.4 is 10.0 Å². The minimum atomic E-state index is -3.90. The SMILES string of the molecule is Cc1ccc(C)c(NC(=O)COC(=O)[C@H](NS(=O)(=O)c2ccccc2)C(C)C)c1. The molecular weight excluding hydrogens is 392 g/mol. The average Bonchev–Trinajstić information content (AvgIpc) is 2.67. The summed E-state index contributed by atoms with van der Waals surface area (Å²) < 4.78 is 32.4. The number of nitrogens with one attached hydrogen (secondary N) is 2. The topological polar surface area (TPSA) is 102 Å². The zero-order chi connectivity index (χ0) is 21.6. The number of carbonyl (C=O) groups excluding carboxylic acids is 2. The van der Waals surface area contributed by atoms with E-state index in [9.17, 15) is 18.0 Å². The Bertz CT molecular complexity index is 972. The van der Waals surface area contributed by atoms with Crippen molar-refractivity contribution in [3.05, 3.63) is 59.7 Å². The highest BCUT2D eigenvalue weighted by Crippen LogP contribution is 2.16. The van der Waals surface area contributed by atoms with Crippen LogP contribution in [0.3, 0.4) is 0 Å². The highest BCUT2D eigenvalue weighted by molar-refractivity contribution is 7.89. The summed E-state index contributed by atoms with van der Waals surface area (Å²) >= 11 is 0. The molecule has 1 amide bonds. The Balaban J connectivity index is 2.01. The van der Waals surface area contributed by atoms with Crippen LogP contribution in [0, 0.1) is 19.8 Å². The van der Waals surface area contributed by atoms with Crippen molar-refractivity contribution < 1.29 is 22.7 Å². The molecule has 2 aromatic rings. The molecule has 2 aromatic carbocycles. The summed E-state index contributed by atoms with van der Waals surface area (Å²) in [7, 11) is -3.90. The zero-order valence-electron chi connectivity index (χ0n) is 16.9. The van der Waals surface area contributed by atoms with Crippen LogP contribution in [0.1, 0.15) is 25.0 Å². The van der Waals surface area contributed by atoms with Gasteiger partial charge in [-0.15, -0.1) is 0 Å². The number of carbonyl (C=O) groups is 2. The maximum Gasteiger partial charge on any atom is 0.324 e. The highest BCUT2D eigenvalue weighted by atomic mass is 32.2. The first-order chi connectivity index (χ1) is 13.6. The molecule has 0 aliphatic carbocycles. The maximum absolute atomic E-state index is 12.5. The van der Waals surface area contributed by atoms with Gasteiger partial charge in [-0.05, 0) is 49.1 Å². The second kappa shape index (κ2) is 9.67. The number of aryl methyl sites for hydroxylation is 2. The lowest BCUT2D eigenvalue weighted by Gasteiger charge is -2.20. The van der Waals surface area contributed by atoms with Gasteiger partial charge < -0.3 is 10.1 Å². The molecule has 0 unspecified atom stereocenters. The fraction of sp³-hybridized carbons (Fsp3) is 0.333. The quantitative estimate of drug-likeness (QED) is 0.642. The molecule has 7 nitrogen and oxygen atoms in total. The minimum absolute atomic E-state index is 0.0473. The van der Waals surface area contributed by atoms with E-state index in [2.05, 4.69) is 10.0 Å². The highest BCUT2D eigenvalue weighted by Gasteiger charge is 2.30. The standard InChI is InChI=1S/C21H26N2O5S/c1-14(2)20(23-29(26,27)17-8-6-5-7-9-17)21(25)28-13-19(24)22-18-12-15(3)10-11-16(18)4/h5-12,14,20,23H,13H2,1-4H3,(H,22,24)/t20-/m1/s1. The number of ether oxygens (including phenoxy) is 1. The lowest BCUT2D eigenvalue weighted by molar-refractivity contribution is -0.150. The van der Waals surface area contributed by atoms with E-state index in [0.29, 0.717) is 5.69 Å². The van der Waals surface area contributed by atoms with E-state index in [0.717, 1.165) is 11.1 Å². The first kappa shape index (κ1) is 22.6. The zero-order valence-corrected chi connectivity index (χ0v) is 17.7. The molecule has 0 spiro atoms. The van der Waals surface area contributed by atoms with Gasteiger partial charge in [0.1, 0.15) is 6.04 Å². The number of hydrogen-bond acceptors (Lipinski definition) is 5. The molecule has 29 heavy (non-hydrogen) atoms. The molecular formula is C21H26N2O5S. The average molecular weight is 419 g/mol. The number of benzene rings is 2. The van der Waals surface area contributed by atoms with E-state index in [1.807, 2.05) is 32.0 Å². The molecule has 0 aliphatic rings. The van der Waals surface area contributed by atoms with Crippen molar-refractivity contribution in [2.24, 2.45) is 5.92 Å². The van der Waals surface area contributed by atoms with Crippen LogP contribution in [0.25, 0.3) is 0 Å². The largest absolute Gasteiger partial charge is 0.454 e. The van der Waals surface area contributed by atoms with Gasteiger partial charge in [-0.25, -0.2) is 8.42 Å². The van der Waals surface area contributed by atoms with Crippen molar-refractivity contribution in [3.8, 4) is 0 Å². The molecule has 2 rings (SSSR count). The summed E-state index contributed by atoms with van der Waals surface area (Å²) in [6.07, 6.45) is 0. The van der Waals surface area contributed by atoms with Crippen molar-refractivity contribution in [1.82, 2.24) is 4.72 Å². The van der Waals surface area contributed by atoms with Crippen LogP contribution in [0.4, 0.5) is 5.69 Å². The lowest BCUT2D eigenvalue weighted by atomic mass is 10.1. The third kappa shape index (κ3) is 6.40. The summed E-state index contributed by atoms with van der Waals surface area (Å²) in [5.74, 6) is -1.68. The van der Waals surface area contributed by atoms with Gasteiger partial charge in [0.05, 0.1) is 4.90 Å². The first-order valence-electron chi connectivity index (χ1n) is 9.21. The molecule has 156 valence electrons. The maximum atomic E-state index is 12.5. The van der Waals surface area contributed by atoms with Crippen molar-refractivity contribution in [2.45, 2.75) is 38.6 Å². The van der Waals surface area contributed by atoms with E-state index < -0.39 is 34.5 Å². The fourth-order valence-electron chi connectivity index (χ4n) is 2.57. The normalized spacial score (nSPS) is 12.4. The second-order valence-corrected chi connectivity index (χ2v) is 8.84. The van der Waals surface area contributed by atoms with E-state index in [1.165, 1.54) is 12.1 Å². The molecule has 0 heterocycles. The molecule has 0 bridgehead atoms. The Kier molecular flexibility index (Phi) is 7.53. The van der Waals surface area contributed by atoms with Gasteiger partial charge in [-0.2, -0.15) is 4.72 Å². The molecule has 0 radical (unpaired) electrons. The first-order valence-corrected chi connectivity index (χ1v) is 10.7. The number of esters is 1. The molecule has 8 heteroatoms. The van der Waals surface area contributed by atoms with Crippen LogP contribution in [-0.4, -0.2) is 32.9 Å². The number of hydrogen-bond donors (Lipinski definition) is 2. The van der Waals surface area contributed by atoms with Crippen molar-refractivity contribution in [3.63, 3.8) is 0 Å². The Morgan fingerprint density at radius 2 is 1.69 bits per heavy atom. The second-order valence-electron chi connectivity index (χ2n) is 7.13.